The van der Waals surface area contributed by atoms with Crippen LogP contribution in [0.25, 0.3) is 0 Å². The third kappa shape index (κ3) is 6.66. The molecule has 31 heavy (non-hydrogen) atoms. The largest absolute Gasteiger partial charge is 0.452 e. The molecule has 0 radical (unpaired) electrons. The lowest BCUT2D eigenvalue weighted by atomic mass is 10.2. The number of carbonyl (C=O) groups excluding carboxylic acids is 2. The summed E-state index contributed by atoms with van der Waals surface area (Å²) in [5.74, 6) is -1.42. The minimum atomic E-state index is -3.86. The topological polar surface area (TPSA) is 132 Å². The number of esters is 1. The average molecular weight is 467 g/mol. The van der Waals surface area contributed by atoms with Crippen LogP contribution in [0.1, 0.15) is 42.5 Å². The SMILES string of the molecule is N#CCCN(CCC#N)C(=O)COC(=O)c1ccc(Cl)c(S(=O)(=O)N2CCCCC2)c1. The van der Waals surface area contributed by atoms with Crippen molar-refractivity contribution in [3.63, 3.8) is 0 Å². The summed E-state index contributed by atoms with van der Waals surface area (Å²) in [4.78, 5) is 25.8. The number of carbonyl (C=O) groups is 2. The van der Waals surface area contributed by atoms with Crippen LogP contribution in [0.2, 0.25) is 5.02 Å². The Labute approximate surface area is 186 Å². The van der Waals surface area contributed by atoms with E-state index in [4.69, 9.17) is 26.9 Å². The summed E-state index contributed by atoms with van der Waals surface area (Å²) in [5, 5.41) is 17.4. The molecule has 1 aromatic rings. The summed E-state index contributed by atoms with van der Waals surface area (Å²) in [6.45, 7) is 0.431. The van der Waals surface area contributed by atoms with Gasteiger partial charge in [-0.05, 0) is 31.0 Å². The van der Waals surface area contributed by atoms with E-state index in [0.29, 0.717) is 13.1 Å². The lowest BCUT2D eigenvalue weighted by molar-refractivity contribution is -0.134. The van der Waals surface area contributed by atoms with Crippen LogP contribution < -0.4 is 0 Å². The summed E-state index contributed by atoms with van der Waals surface area (Å²) >= 11 is 6.10. The number of nitrogens with zero attached hydrogens (tertiary/aromatic N) is 4. The number of sulfonamides is 1. The number of rotatable bonds is 9. The normalized spacial score (nSPS) is 14.3. The molecule has 1 saturated heterocycles. The molecule has 1 aliphatic heterocycles. The van der Waals surface area contributed by atoms with Gasteiger partial charge in [-0.25, -0.2) is 13.2 Å². The van der Waals surface area contributed by atoms with Crippen molar-refractivity contribution in [1.82, 2.24) is 9.21 Å². The Hall–Kier alpha value is -2.66. The van der Waals surface area contributed by atoms with E-state index in [1.165, 1.54) is 21.3 Å². The molecule has 0 saturated carbocycles. The standard InChI is InChI=1S/C20H23ClN4O5S/c21-17-7-6-16(14-18(17)31(28,29)25-12-2-1-3-13-25)20(27)30-15-19(26)24(10-4-8-22)11-5-9-23/h6-7,14H,1-5,10-13,15H2. The first-order chi connectivity index (χ1) is 14.8. The maximum Gasteiger partial charge on any atom is 0.338 e. The van der Waals surface area contributed by atoms with Gasteiger partial charge < -0.3 is 9.64 Å². The van der Waals surface area contributed by atoms with Gasteiger partial charge in [-0.1, -0.05) is 18.0 Å². The van der Waals surface area contributed by atoms with Crippen molar-refractivity contribution in [2.75, 3.05) is 32.8 Å². The fourth-order valence-corrected chi connectivity index (χ4v) is 5.12. The highest BCUT2D eigenvalue weighted by Crippen LogP contribution is 2.28. The molecule has 0 N–H and O–H groups in total. The molecule has 166 valence electrons. The zero-order valence-electron chi connectivity index (χ0n) is 16.9. The lowest BCUT2D eigenvalue weighted by Crippen LogP contribution is -2.36. The third-order valence-electron chi connectivity index (χ3n) is 4.77. The van der Waals surface area contributed by atoms with Gasteiger partial charge >= 0.3 is 5.97 Å². The van der Waals surface area contributed by atoms with Gasteiger partial charge in [0.25, 0.3) is 5.91 Å². The second kappa shape index (κ2) is 11.7. The molecule has 0 unspecified atom stereocenters. The monoisotopic (exact) mass is 466 g/mol. The second-order valence-corrected chi connectivity index (χ2v) is 9.20. The van der Waals surface area contributed by atoms with E-state index in [9.17, 15) is 18.0 Å². The molecule has 9 nitrogen and oxygen atoms in total. The smallest absolute Gasteiger partial charge is 0.338 e. The fraction of sp³-hybridized carbons (Fsp3) is 0.500. The Bertz CT molecular complexity index is 976. The summed E-state index contributed by atoms with van der Waals surface area (Å²) < 4.78 is 32.2. The van der Waals surface area contributed by atoms with Gasteiger partial charge in [0, 0.05) is 26.2 Å². The predicted molar refractivity (Wildman–Crippen MR) is 111 cm³/mol. The second-order valence-electron chi connectivity index (χ2n) is 6.88. The van der Waals surface area contributed by atoms with Crippen molar-refractivity contribution in [1.29, 1.82) is 10.5 Å². The quantitative estimate of drug-likeness (QED) is 0.510. The van der Waals surface area contributed by atoms with Gasteiger partial charge in [-0.3, -0.25) is 4.79 Å². The van der Waals surface area contributed by atoms with Crippen LogP contribution in [0.5, 0.6) is 0 Å². The van der Waals surface area contributed by atoms with Crippen molar-refractivity contribution in [3.05, 3.63) is 28.8 Å². The Morgan fingerprint density at radius 3 is 2.29 bits per heavy atom. The zero-order chi connectivity index (χ0) is 22.9. The Kier molecular flexibility index (Phi) is 9.25. The molecule has 1 aromatic carbocycles. The first kappa shape index (κ1) is 24.6. The number of amides is 1. The maximum atomic E-state index is 12.9. The molecule has 1 amide bonds. The number of hydrogen-bond donors (Lipinski definition) is 0. The van der Waals surface area contributed by atoms with Crippen molar-refractivity contribution in [3.8, 4) is 12.1 Å². The lowest BCUT2D eigenvalue weighted by Gasteiger charge is -2.26. The first-order valence-electron chi connectivity index (χ1n) is 9.79. The van der Waals surface area contributed by atoms with E-state index in [2.05, 4.69) is 0 Å². The molecule has 0 aliphatic carbocycles. The van der Waals surface area contributed by atoms with E-state index in [1.807, 2.05) is 12.1 Å². The van der Waals surface area contributed by atoms with Crippen molar-refractivity contribution in [2.24, 2.45) is 0 Å². The number of hydrogen-bond acceptors (Lipinski definition) is 7. The van der Waals surface area contributed by atoms with Gasteiger partial charge in [0.05, 0.1) is 35.6 Å². The van der Waals surface area contributed by atoms with E-state index < -0.39 is 28.5 Å². The van der Waals surface area contributed by atoms with Crippen molar-refractivity contribution in [2.45, 2.75) is 37.0 Å². The summed E-state index contributed by atoms with van der Waals surface area (Å²) in [6.07, 6.45) is 2.64. The molecular formula is C20H23ClN4O5S. The van der Waals surface area contributed by atoms with Gasteiger partial charge in [0.1, 0.15) is 4.90 Å². The van der Waals surface area contributed by atoms with Crippen LogP contribution in [0.3, 0.4) is 0 Å². The molecular weight excluding hydrogens is 444 g/mol. The molecule has 1 fully saturated rings. The van der Waals surface area contributed by atoms with E-state index >= 15 is 0 Å². The summed E-state index contributed by atoms with van der Waals surface area (Å²) in [5.41, 5.74) is -0.0478. The molecule has 0 bridgehead atoms. The number of halogens is 1. The van der Waals surface area contributed by atoms with Crippen molar-refractivity contribution >= 4 is 33.5 Å². The molecule has 11 heteroatoms. The average Bonchev–Trinajstić information content (AvgIpc) is 2.78. The minimum absolute atomic E-state index is 0.00242. The number of ether oxygens (including phenoxy) is 1. The predicted octanol–water partition coefficient (Wildman–Crippen LogP) is 2.33. The van der Waals surface area contributed by atoms with Gasteiger partial charge in [-0.2, -0.15) is 14.8 Å². The Morgan fingerprint density at radius 2 is 1.71 bits per heavy atom. The van der Waals surface area contributed by atoms with Crippen LogP contribution in [0, 0.1) is 22.7 Å². The van der Waals surface area contributed by atoms with E-state index in [0.717, 1.165) is 25.3 Å². The summed E-state index contributed by atoms with van der Waals surface area (Å²) in [7, 11) is -3.86. The summed E-state index contributed by atoms with van der Waals surface area (Å²) in [6, 6.07) is 7.62. The molecule has 2 rings (SSSR count). The third-order valence-corrected chi connectivity index (χ3v) is 7.15. The number of benzene rings is 1. The molecule has 0 aromatic heterocycles. The van der Waals surface area contributed by atoms with Crippen LogP contribution in [-0.2, 0) is 19.6 Å². The van der Waals surface area contributed by atoms with Gasteiger partial charge in [0.2, 0.25) is 10.0 Å². The van der Waals surface area contributed by atoms with Crippen LogP contribution in [0.4, 0.5) is 0 Å². The highest BCUT2D eigenvalue weighted by Gasteiger charge is 2.29. The highest BCUT2D eigenvalue weighted by atomic mass is 35.5. The zero-order valence-corrected chi connectivity index (χ0v) is 18.5. The van der Waals surface area contributed by atoms with E-state index in [1.54, 1.807) is 0 Å². The number of nitriles is 2. The fourth-order valence-electron chi connectivity index (χ4n) is 3.11. The minimum Gasteiger partial charge on any atom is -0.452 e. The molecule has 0 atom stereocenters. The van der Waals surface area contributed by atoms with Gasteiger partial charge in [0.15, 0.2) is 6.61 Å². The van der Waals surface area contributed by atoms with Crippen molar-refractivity contribution < 1.29 is 22.7 Å². The number of piperidine rings is 1. The Morgan fingerprint density at radius 1 is 1.10 bits per heavy atom. The first-order valence-corrected chi connectivity index (χ1v) is 11.6. The Balaban J connectivity index is 2.10. The van der Waals surface area contributed by atoms with Crippen LogP contribution >= 0.6 is 11.6 Å². The van der Waals surface area contributed by atoms with Gasteiger partial charge in [-0.15, -0.1) is 0 Å². The molecule has 1 aliphatic rings. The van der Waals surface area contributed by atoms with E-state index in [-0.39, 0.29) is 41.4 Å². The molecule has 0 spiro atoms. The van der Waals surface area contributed by atoms with Crippen LogP contribution in [-0.4, -0.2) is 62.3 Å². The highest BCUT2D eigenvalue weighted by molar-refractivity contribution is 7.89. The maximum absolute atomic E-state index is 12.9. The molecule has 1 heterocycles. The van der Waals surface area contributed by atoms with Crippen LogP contribution in [0.15, 0.2) is 23.1 Å².